The second-order valence-corrected chi connectivity index (χ2v) is 6.04. The van der Waals surface area contributed by atoms with Crippen molar-refractivity contribution in [3.63, 3.8) is 0 Å². The molecule has 0 fully saturated rings. The Balaban J connectivity index is 0. The first-order chi connectivity index (χ1) is 3.65. The van der Waals surface area contributed by atoms with E-state index in [2.05, 4.69) is 12.4 Å². The van der Waals surface area contributed by atoms with Crippen molar-refractivity contribution < 1.29 is 31.5 Å². The Hall–Kier alpha value is 0.773. The van der Waals surface area contributed by atoms with Gasteiger partial charge < -0.3 is 9.79 Å². The molecule has 0 aliphatic carbocycles. The van der Waals surface area contributed by atoms with Gasteiger partial charge in [0.25, 0.3) is 0 Å². The minimum Gasteiger partial charge on any atom is -0.326 e. The topological polar surface area (TPSA) is 57.5 Å². The van der Waals surface area contributed by atoms with Gasteiger partial charge in [-0.1, -0.05) is 0 Å². The molecule has 0 rings (SSSR count). The molecule has 0 bridgehead atoms. The maximum Gasteiger partial charge on any atom is 0.314 e. The van der Waals surface area contributed by atoms with Gasteiger partial charge in [0, 0.05) is 0 Å². The van der Waals surface area contributed by atoms with E-state index >= 15 is 0 Å². The second-order valence-electron chi connectivity index (χ2n) is 1.28. The summed E-state index contributed by atoms with van der Waals surface area (Å²) in [4.78, 5) is 14.3. The SMILES string of the molecule is C[CH2][Zn][CH3].O=[PH](O)O. The number of hydrogen-bond donors (Lipinski definition) is 2. The fourth-order valence-electron chi connectivity index (χ4n) is 0. The van der Waals surface area contributed by atoms with Crippen molar-refractivity contribution in [1.29, 1.82) is 0 Å². The summed E-state index contributed by atoms with van der Waals surface area (Å²) in [5.74, 6) is 0. The van der Waals surface area contributed by atoms with Gasteiger partial charge >= 0.3 is 42.8 Å². The summed E-state index contributed by atoms with van der Waals surface area (Å²) in [5.41, 5.74) is 2.37. The molecule has 0 aromatic heterocycles. The summed E-state index contributed by atoms with van der Waals surface area (Å²) in [6, 6.07) is 0. The Labute approximate surface area is 57.7 Å². The third kappa shape index (κ3) is 71.8. The van der Waals surface area contributed by atoms with Gasteiger partial charge in [-0.3, -0.25) is 4.57 Å². The zero-order valence-corrected chi connectivity index (χ0v) is 9.18. The molecule has 0 aromatic rings. The third-order valence-corrected chi connectivity index (χ3v) is 2.60. The van der Waals surface area contributed by atoms with Crippen molar-refractivity contribution in [2.24, 2.45) is 0 Å². The molecular weight excluding hydrogens is 180 g/mol. The Kier molecular flexibility index (Phi) is 15.5. The Morgan fingerprint density at radius 3 is 1.75 bits per heavy atom. The molecule has 0 amide bonds. The first-order valence-electron chi connectivity index (χ1n) is 2.57. The predicted octanol–water partition coefficient (Wildman–Crippen LogP) is 0.916. The fraction of sp³-hybridized carbons (Fsp3) is 1.00. The van der Waals surface area contributed by atoms with Gasteiger partial charge in [0.05, 0.1) is 0 Å². The molecule has 0 saturated heterocycles. The molecule has 3 nitrogen and oxygen atoms in total. The van der Waals surface area contributed by atoms with E-state index in [1.165, 1.54) is 5.02 Å². The monoisotopic (exact) mass is 190 g/mol. The van der Waals surface area contributed by atoms with E-state index in [9.17, 15) is 0 Å². The van der Waals surface area contributed by atoms with Gasteiger partial charge in [-0.25, -0.2) is 0 Å². The van der Waals surface area contributed by atoms with E-state index < -0.39 is 8.25 Å². The smallest absolute Gasteiger partial charge is 0.314 e. The first-order valence-corrected chi connectivity index (χ1v) is 8.93. The summed E-state index contributed by atoms with van der Waals surface area (Å²) < 4.78 is 8.74. The predicted molar refractivity (Wildman–Crippen MR) is 29.8 cm³/mol. The van der Waals surface area contributed by atoms with Crippen LogP contribution in [0.25, 0.3) is 0 Å². The molecule has 5 heteroatoms. The standard InChI is InChI=1S/C2H5.CH3.H3O3P.Zn/c1-2;;1-4(2)3;/h1H2,2H3;1H3;4H,(H2,1,2,3);. The van der Waals surface area contributed by atoms with Crippen LogP contribution in [0.5, 0.6) is 0 Å². The van der Waals surface area contributed by atoms with Gasteiger partial charge in [-0.05, 0) is 0 Å². The summed E-state index contributed by atoms with van der Waals surface area (Å²) in [6.45, 7) is 2.26. The molecule has 48 valence electrons. The van der Waals surface area contributed by atoms with Gasteiger partial charge in [-0.15, -0.1) is 0 Å². The minimum absolute atomic E-state index is 0.111. The Bertz CT molecular complexity index is 52.5. The molecule has 2 N–H and O–H groups in total. The molecule has 0 saturated carbocycles. The summed E-state index contributed by atoms with van der Waals surface area (Å²) in [5, 5.41) is 1.51. The van der Waals surface area contributed by atoms with Crippen LogP contribution in [0.4, 0.5) is 0 Å². The quantitative estimate of drug-likeness (QED) is 0.479. The average Bonchev–Trinajstić information content (AvgIpc) is 1.65. The minimum atomic E-state index is -3.13. The Morgan fingerprint density at radius 1 is 1.62 bits per heavy atom. The van der Waals surface area contributed by atoms with Crippen LogP contribution in [-0.4, -0.2) is 9.79 Å². The normalized spacial score (nSPS) is 7.12. The molecule has 0 aromatic carbocycles. The molecule has 0 radical (unpaired) electrons. The van der Waals surface area contributed by atoms with Gasteiger partial charge in [0.1, 0.15) is 0 Å². The van der Waals surface area contributed by atoms with Crippen molar-refractivity contribution in [2.75, 3.05) is 0 Å². The number of hydrogen-bond acceptors (Lipinski definition) is 1. The van der Waals surface area contributed by atoms with Gasteiger partial charge in [0.2, 0.25) is 0 Å². The molecular formula is C3H11O3PZn. The largest absolute Gasteiger partial charge is 0.326 e. The summed E-state index contributed by atoms with van der Waals surface area (Å²) in [7, 11) is -3.13. The van der Waals surface area contributed by atoms with Crippen LogP contribution in [0, 0.1) is 0 Å². The zero-order chi connectivity index (χ0) is 6.99. The van der Waals surface area contributed by atoms with Gasteiger partial charge in [0.15, 0.2) is 0 Å². The van der Waals surface area contributed by atoms with E-state index in [-0.39, 0.29) is 17.1 Å². The molecule has 0 atom stereocenters. The molecule has 0 aliphatic rings. The van der Waals surface area contributed by atoms with E-state index in [0.29, 0.717) is 0 Å². The zero-order valence-electron chi connectivity index (χ0n) is 5.22. The maximum atomic E-state index is 8.74. The van der Waals surface area contributed by atoms with Crippen molar-refractivity contribution in [1.82, 2.24) is 0 Å². The third-order valence-electron chi connectivity index (χ3n) is 0.500. The molecule has 0 aliphatic heterocycles. The summed E-state index contributed by atoms with van der Waals surface area (Å²) >= 11 is 0.111. The maximum absolute atomic E-state index is 8.74. The summed E-state index contributed by atoms with van der Waals surface area (Å²) in [6.07, 6.45) is 0. The molecule has 0 spiro atoms. The van der Waals surface area contributed by atoms with Crippen molar-refractivity contribution in [3.8, 4) is 0 Å². The van der Waals surface area contributed by atoms with E-state index in [1.807, 2.05) is 0 Å². The van der Waals surface area contributed by atoms with E-state index in [1.54, 1.807) is 0 Å². The van der Waals surface area contributed by atoms with E-state index in [0.717, 1.165) is 0 Å². The first kappa shape index (κ1) is 11.6. The molecule has 0 heterocycles. The van der Waals surface area contributed by atoms with Crippen molar-refractivity contribution >= 4 is 8.25 Å². The van der Waals surface area contributed by atoms with Crippen LogP contribution in [0.2, 0.25) is 10.5 Å². The van der Waals surface area contributed by atoms with Crippen LogP contribution >= 0.6 is 8.25 Å². The Morgan fingerprint density at radius 2 is 1.75 bits per heavy atom. The average molecular weight is 191 g/mol. The van der Waals surface area contributed by atoms with Crippen LogP contribution in [0.3, 0.4) is 0 Å². The van der Waals surface area contributed by atoms with Crippen LogP contribution in [-0.2, 0) is 21.7 Å². The fourth-order valence-corrected chi connectivity index (χ4v) is 0. The van der Waals surface area contributed by atoms with Crippen LogP contribution < -0.4 is 0 Å². The number of rotatable bonds is 1. The molecule has 0 unspecified atom stereocenters. The van der Waals surface area contributed by atoms with E-state index in [4.69, 9.17) is 14.4 Å². The molecule has 8 heavy (non-hydrogen) atoms. The van der Waals surface area contributed by atoms with Crippen molar-refractivity contribution in [2.45, 2.75) is 17.5 Å². The van der Waals surface area contributed by atoms with Gasteiger partial charge in [-0.2, -0.15) is 0 Å². The van der Waals surface area contributed by atoms with Crippen LogP contribution in [0.1, 0.15) is 6.92 Å². The second kappa shape index (κ2) is 10.7. The van der Waals surface area contributed by atoms with Crippen LogP contribution in [0.15, 0.2) is 0 Å². The van der Waals surface area contributed by atoms with Crippen molar-refractivity contribution in [3.05, 3.63) is 0 Å².